The number of hydrogen-bond acceptors (Lipinski definition) is 24. The summed E-state index contributed by atoms with van der Waals surface area (Å²) in [6.45, 7) is 10.3. The Morgan fingerprint density at radius 2 is 0.837 bits per heavy atom. The van der Waals surface area contributed by atoms with E-state index in [1.54, 1.807) is 24.3 Å². The summed E-state index contributed by atoms with van der Waals surface area (Å²) >= 11 is 0. The summed E-state index contributed by atoms with van der Waals surface area (Å²) in [6.07, 6.45) is -2.34. The topological polar surface area (TPSA) is 343 Å². The molecule has 0 aliphatic heterocycles. The van der Waals surface area contributed by atoms with E-state index in [0.29, 0.717) is 85.7 Å². The van der Waals surface area contributed by atoms with Crippen molar-refractivity contribution in [2.24, 2.45) is 0 Å². The van der Waals surface area contributed by atoms with E-state index in [9.17, 15) is 49.9 Å². The smallest absolute Gasteiger partial charge is 0.421 e. The van der Waals surface area contributed by atoms with Gasteiger partial charge in [0.2, 0.25) is 0 Å². The Morgan fingerprint density at radius 3 is 1.14 bits per heavy atom. The predicted octanol–water partition coefficient (Wildman–Crippen LogP) is 8.43. The third-order valence-corrected chi connectivity index (χ3v) is 15.7. The van der Waals surface area contributed by atoms with Gasteiger partial charge in [0, 0.05) is 25.2 Å². The van der Waals surface area contributed by atoms with Crippen molar-refractivity contribution in [3.05, 3.63) is 115 Å². The summed E-state index contributed by atoms with van der Waals surface area (Å²) in [6, 6.07) is 24.9. The van der Waals surface area contributed by atoms with Gasteiger partial charge >= 0.3 is 36.3 Å². The molecule has 0 fully saturated rings. The highest BCUT2D eigenvalue weighted by Gasteiger charge is 2.37. The SMILES string of the molecule is CCCC(C#N)(CCCN(C)C(C)c1ccc(OC)c(OC(OC(=O)C(=O)OC(Oc2cc(C(C)N(C)CCCC(C#N)(CCC)c3ccc(OC)c(OC)c3)ccc2OC)C(=O)NCC(C)O[N+](=O)[O-])C(=O)NCC(C)O[N+](=O)[O-])c1)c1ccc(OC)c(OC)c1. The second kappa shape index (κ2) is 36.3. The molecule has 502 valence electrons. The first-order valence-corrected chi connectivity index (χ1v) is 29.8. The molecule has 0 heterocycles. The Hall–Kier alpha value is -9.54. The molecule has 0 saturated heterocycles. The minimum atomic E-state index is -2.36. The van der Waals surface area contributed by atoms with Crippen LogP contribution in [0.5, 0.6) is 46.0 Å². The molecule has 0 aliphatic carbocycles. The summed E-state index contributed by atoms with van der Waals surface area (Å²) < 4.78 is 55.9. The van der Waals surface area contributed by atoms with Crippen LogP contribution in [0.15, 0.2) is 72.8 Å². The number of nitrogens with one attached hydrogen (secondary N) is 2. The molecular weight excluding hydrogens is 1200 g/mol. The first-order valence-electron chi connectivity index (χ1n) is 29.8. The third kappa shape index (κ3) is 20.8. The van der Waals surface area contributed by atoms with E-state index in [0.717, 1.165) is 24.0 Å². The molecule has 2 amide bonds. The van der Waals surface area contributed by atoms with Crippen LogP contribution in [-0.4, -0.2) is 151 Å². The van der Waals surface area contributed by atoms with Gasteiger partial charge in [0.15, 0.2) is 46.0 Å². The van der Waals surface area contributed by atoms with E-state index in [-0.39, 0.29) is 35.1 Å². The molecule has 92 heavy (non-hydrogen) atoms. The summed E-state index contributed by atoms with van der Waals surface area (Å²) in [5.41, 5.74) is 1.15. The highest BCUT2D eigenvalue weighted by atomic mass is 17.0. The van der Waals surface area contributed by atoms with Crippen LogP contribution < -0.4 is 48.5 Å². The van der Waals surface area contributed by atoms with Crippen molar-refractivity contribution in [1.82, 2.24) is 20.4 Å². The van der Waals surface area contributed by atoms with Gasteiger partial charge in [0.05, 0.1) is 65.6 Å². The van der Waals surface area contributed by atoms with Gasteiger partial charge in [-0.15, -0.1) is 20.2 Å². The molecule has 0 saturated carbocycles. The zero-order valence-corrected chi connectivity index (χ0v) is 54.7. The van der Waals surface area contributed by atoms with E-state index >= 15 is 0 Å². The second-order valence-electron chi connectivity index (χ2n) is 21.8. The molecule has 0 bridgehead atoms. The number of esters is 2. The number of carbonyl (C=O) groups excluding carboxylic acids is 4. The minimum absolute atomic E-state index is 0.0367. The normalized spacial score (nSPS) is 14.3. The van der Waals surface area contributed by atoms with E-state index in [1.807, 2.05) is 75.9 Å². The summed E-state index contributed by atoms with van der Waals surface area (Å²) in [4.78, 5) is 91.1. The minimum Gasteiger partial charge on any atom is -0.493 e. The molecule has 2 N–H and O–H groups in total. The van der Waals surface area contributed by atoms with Crippen LogP contribution in [-0.2, 0) is 49.2 Å². The molecule has 4 aromatic carbocycles. The lowest BCUT2D eigenvalue weighted by atomic mass is 9.74. The second-order valence-corrected chi connectivity index (χ2v) is 21.8. The summed E-state index contributed by atoms with van der Waals surface area (Å²) in [7, 11) is 12.5. The fraction of sp³-hybridized carbons (Fsp3) is 0.531. The summed E-state index contributed by atoms with van der Waals surface area (Å²) in [5, 5.41) is 46.1. The van der Waals surface area contributed by atoms with E-state index in [4.69, 9.17) is 47.4 Å². The van der Waals surface area contributed by atoms with Gasteiger partial charge < -0.3 is 67.7 Å². The molecule has 0 spiro atoms. The van der Waals surface area contributed by atoms with Crippen LogP contribution >= 0.6 is 0 Å². The highest BCUT2D eigenvalue weighted by molar-refractivity contribution is 6.30. The first kappa shape index (κ1) is 74.9. The molecule has 4 rings (SSSR count). The number of amides is 2. The number of benzene rings is 4. The maximum atomic E-state index is 13.9. The van der Waals surface area contributed by atoms with Crippen molar-refractivity contribution in [3.8, 4) is 58.1 Å². The van der Waals surface area contributed by atoms with Gasteiger partial charge in [-0.05, 0) is 164 Å². The Bertz CT molecular complexity index is 3000. The van der Waals surface area contributed by atoms with Crippen LogP contribution in [0, 0.1) is 42.9 Å². The molecular formula is C64H86N8O20. The Labute approximate surface area is 536 Å². The number of nitrogens with zero attached hydrogens (tertiary/aromatic N) is 6. The van der Waals surface area contributed by atoms with Crippen molar-refractivity contribution in [3.63, 3.8) is 0 Å². The van der Waals surface area contributed by atoms with Gasteiger partial charge in [0.25, 0.3) is 10.2 Å². The van der Waals surface area contributed by atoms with Gasteiger partial charge in [-0.3, -0.25) is 19.4 Å². The van der Waals surface area contributed by atoms with E-state index < -0.39 is 82.6 Å². The lowest BCUT2D eigenvalue weighted by Crippen LogP contribution is -2.47. The number of nitriles is 2. The molecule has 4 aromatic rings. The van der Waals surface area contributed by atoms with Crippen molar-refractivity contribution in [2.45, 2.75) is 141 Å². The lowest BCUT2D eigenvalue weighted by Gasteiger charge is -2.30. The fourth-order valence-electron chi connectivity index (χ4n) is 10.4. The number of hydrogen-bond donors (Lipinski definition) is 2. The number of ether oxygens (including phenoxy) is 10. The van der Waals surface area contributed by atoms with Crippen molar-refractivity contribution in [2.75, 3.05) is 82.9 Å². The molecule has 0 aliphatic rings. The fourth-order valence-corrected chi connectivity index (χ4v) is 10.4. The van der Waals surface area contributed by atoms with Crippen molar-refractivity contribution >= 4 is 23.8 Å². The zero-order valence-electron chi connectivity index (χ0n) is 54.7. The quantitative estimate of drug-likeness (QED) is 0.0139. The Morgan fingerprint density at radius 1 is 0.511 bits per heavy atom. The molecule has 28 nitrogen and oxygen atoms in total. The van der Waals surface area contributed by atoms with Crippen LogP contribution in [0.1, 0.15) is 127 Å². The molecule has 28 heteroatoms. The molecule has 0 aromatic heterocycles. The average Bonchev–Trinajstić information content (AvgIpc) is 1.71. The number of carbonyl (C=O) groups is 4. The van der Waals surface area contributed by atoms with Gasteiger partial charge in [-0.1, -0.05) is 51.0 Å². The maximum Gasteiger partial charge on any atom is 0.421 e. The standard InChI is InChI=1S/C64H86N8O20/c1-15-27-63(39-65,47-21-25-49(81-9)53(35-47)85-13)29-17-31-69(7)43(5)45-19-23-51(83-11)55(33-45)87-61(57(73)67-37-41(3)91-71(77)78)89-59(75)60(76)90-62(58(74)68-38-42(4)92-72(79)80)88-56-34-46(20-24-52(56)84-12)44(6)70(8)32-18-30-64(40-66,28-16-2)48-22-26-50(82-10)54(36-48)86-14/h19-26,33-36,41-44,61-62H,15-18,27-32,37-38H2,1-14H3,(H,67,73)(H,68,74). The molecule has 0 radical (unpaired) electrons. The largest absolute Gasteiger partial charge is 0.493 e. The van der Waals surface area contributed by atoms with Crippen molar-refractivity contribution in [1.29, 1.82) is 10.5 Å². The highest BCUT2D eigenvalue weighted by Crippen LogP contribution is 2.42. The average molecular weight is 1290 g/mol. The van der Waals surface area contributed by atoms with E-state index in [2.05, 4.69) is 32.4 Å². The zero-order chi connectivity index (χ0) is 68.3. The molecule has 8 atom stereocenters. The van der Waals surface area contributed by atoms with Crippen molar-refractivity contribution < 1.29 is 86.4 Å². The van der Waals surface area contributed by atoms with Crippen LogP contribution in [0.2, 0.25) is 0 Å². The van der Waals surface area contributed by atoms with Crippen LogP contribution in [0.4, 0.5) is 0 Å². The third-order valence-electron chi connectivity index (χ3n) is 15.7. The van der Waals surface area contributed by atoms with Gasteiger partial charge in [0.1, 0.15) is 12.2 Å². The van der Waals surface area contributed by atoms with Crippen LogP contribution in [0.3, 0.4) is 0 Å². The number of rotatable bonds is 40. The Balaban J connectivity index is 1.63. The molecule has 8 unspecified atom stereocenters. The number of methoxy groups -OCH3 is 6. The van der Waals surface area contributed by atoms with Gasteiger partial charge in [-0.25, -0.2) is 9.59 Å². The maximum absolute atomic E-state index is 13.9. The monoisotopic (exact) mass is 1290 g/mol. The van der Waals surface area contributed by atoms with Gasteiger partial charge in [-0.2, -0.15) is 10.5 Å². The predicted molar refractivity (Wildman–Crippen MR) is 332 cm³/mol. The summed E-state index contributed by atoms with van der Waals surface area (Å²) in [5.74, 6) is -4.45. The van der Waals surface area contributed by atoms with E-state index in [1.165, 1.54) is 80.8 Å². The lowest BCUT2D eigenvalue weighted by molar-refractivity contribution is -0.767. The van der Waals surface area contributed by atoms with Crippen LogP contribution in [0.25, 0.3) is 0 Å². The first-order chi connectivity index (χ1) is 43.8. The Kier molecular flexibility index (Phi) is 29.6.